The summed E-state index contributed by atoms with van der Waals surface area (Å²) in [6.07, 6.45) is 0. The molecule has 0 N–H and O–H groups in total. The third-order valence-corrected chi connectivity index (χ3v) is 5.99. The maximum Gasteiger partial charge on any atom is 0.0543 e. The molecule has 0 aliphatic heterocycles. The molecule has 0 saturated carbocycles. The molecule has 0 bridgehead atoms. The number of hydrogen-bond donors (Lipinski definition) is 0. The van der Waals surface area contributed by atoms with Crippen molar-refractivity contribution in [3.8, 4) is 5.69 Å². The molecule has 2 nitrogen and oxygen atoms in total. The number of fused-ring (bicyclic) bond motifs is 6. The number of aryl methyl sites for hydroxylation is 2. The minimum Gasteiger partial charge on any atom is -0.344 e. The van der Waals surface area contributed by atoms with Gasteiger partial charge in [0.05, 0.1) is 16.6 Å². The molecular weight excluding hydrogens is 340 g/mol. The van der Waals surface area contributed by atoms with Crippen molar-refractivity contribution < 1.29 is 0 Å². The van der Waals surface area contributed by atoms with Gasteiger partial charge in [0.2, 0.25) is 0 Å². The lowest BCUT2D eigenvalue weighted by atomic mass is 10.1. The van der Waals surface area contributed by atoms with E-state index in [-0.39, 0.29) is 0 Å². The van der Waals surface area contributed by atoms with Crippen LogP contribution in [0.4, 0.5) is 0 Å². The van der Waals surface area contributed by atoms with Crippen molar-refractivity contribution in [2.75, 3.05) is 0 Å². The molecule has 6 rings (SSSR count). The van der Waals surface area contributed by atoms with Crippen LogP contribution in [-0.2, 0) is 7.05 Å². The van der Waals surface area contributed by atoms with E-state index in [1.54, 1.807) is 0 Å². The predicted octanol–water partition coefficient (Wildman–Crippen LogP) is 6.74. The second-order valence-corrected chi connectivity index (χ2v) is 7.65. The van der Waals surface area contributed by atoms with Crippen LogP contribution in [0.3, 0.4) is 0 Å². The van der Waals surface area contributed by atoms with E-state index in [9.17, 15) is 0 Å². The number of nitrogens with zero attached hydrogens (tertiary/aromatic N) is 2. The van der Waals surface area contributed by atoms with E-state index in [1.165, 1.54) is 54.9 Å². The van der Waals surface area contributed by atoms with Gasteiger partial charge in [0.1, 0.15) is 0 Å². The Hall–Kier alpha value is -3.52. The third kappa shape index (κ3) is 1.97. The van der Waals surface area contributed by atoms with Crippen LogP contribution in [0.25, 0.3) is 49.3 Å². The van der Waals surface area contributed by atoms with Crippen LogP contribution in [0.2, 0.25) is 0 Å². The fourth-order valence-corrected chi connectivity index (χ4v) is 4.65. The van der Waals surface area contributed by atoms with Gasteiger partial charge in [0.25, 0.3) is 0 Å². The zero-order chi connectivity index (χ0) is 18.8. The second-order valence-electron chi connectivity index (χ2n) is 7.65. The lowest BCUT2D eigenvalue weighted by molar-refractivity contribution is 1.01. The lowest BCUT2D eigenvalue weighted by Gasteiger charge is -2.09. The van der Waals surface area contributed by atoms with Crippen LogP contribution in [0.5, 0.6) is 0 Å². The first-order valence-electron chi connectivity index (χ1n) is 9.70. The van der Waals surface area contributed by atoms with Crippen molar-refractivity contribution in [2.24, 2.45) is 7.05 Å². The van der Waals surface area contributed by atoms with E-state index in [1.807, 2.05) is 0 Å². The Morgan fingerprint density at radius 2 is 1.14 bits per heavy atom. The van der Waals surface area contributed by atoms with E-state index in [0.717, 1.165) is 0 Å². The molecule has 0 saturated heterocycles. The highest BCUT2D eigenvalue weighted by atomic mass is 15.0. The standard InChI is InChI=1S/C26H20N2/c1-17-11-13-22-20-8-4-6-10-24(20)28(26(22)15-17)18-12-14-21-19-7-3-5-9-23(19)27(2)25(21)16-18/h3-16H,1-2H3. The molecule has 134 valence electrons. The number of aromatic nitrogens is 2. The van der Waals surface area contributed by atoms with Gasteiger partial charge in [-0.1, -0.05) is 54.6 Å². The average Bonchev–Trinajstić information content (AvgIpc) is 3.20. The van der Waals surface area contributed by atoms with Crippen LogP contribution >= 0.6 is 0 Å². The molecule has 0 aliphatic rings. The molecule has 0 amide bonds. The minimum absolute atomic E-state index is 1.20. The summed E-state index contributed by atoms with van der Waals surface area (Å²) in [5.74, 6) is 0. The van der Waals surface area contributed by atoms with Crippen molar-refractivity contribution in [1.29, 1.82) is 0 Å². The number of hydrogen-bond acceptors (Lipinski definition) is 0. The first kappa shape index (κ1) is 15.5. The second kappa shape index (κ2) is 5.49. The van der Waals surface area contributed by atoms with Gasteiger partial charge in [-0.15, -0.1) is 0 Å². The minimum atomic E-state index is 1.20. The van der Waals surface area contributed by atoms with Crippen molar-refractivity contribution >= 4 is 43.6 Å². The predicted molar refractivity (Wildman–Crippen MR) is 120 cm³/mol. The fraction of sp³-hybridized carbons (Fsp3) is 0.0769. The van der Waals surface area contributed by atoms with Gasteiger partial charge in [-0.2, -0.15) is 0 Å². The molecule has 0 fully saturated rings. The van der Waals surface area contributed by atoms with Gasteiger partial charge in [-0.05, 0) is 42.8 Å². The van der Waals surface area contributed by atoms with Crippen LogP contribution in [0, 0.1) is 6.92 Å². The van der Waals surface area contributed by atoms with E-state index < -0.39 is 0 Å². The highest BCUT2D eigenvalue weighted by molar-refractivity contribution is 6.11. The molecule has 2 aromatic heterocycles. The molecule has 6 aromatic rings. The zero-order valence-corrected chi connectivity index (χ0v) is 16.0. The zero-order valence-electron chi connectivity index (χ0n) is 16.0. The van der Waals surface area contributed by atoms with Crippen molar-refractivity contribution in [3.63, 3.8) is 0 Å². The first-order chi connectivity index (χ1) is 13.7. The van der Waals surface area contributed by atoms with Crippen molar-refractivity contribution in [2.45, 2.75) is 6.92 Å². The quantitative estimate of drug-likeness (QED) is 0.307. The van der Waals surface area contributed by atoms with Crippen molar-refractivity contribution in [3.05, 3.63) is 90.5 Å². The number of benzene rings is 4. The Kier molecular flexibility index (Phi) is 3.05. The highest BCUT2D eigenvalue weighted by Crippen LogP contribution is 2.35. The largest absolute Gasteiger partial charge is 0.344 e. The summed E-state index contributed by atoms with van der Waals surface area (Å²) in [6, 6.07) is 30.9. The third-order valence-electron chi connectivity index (χ3n) is 5.99. The van der Waals surface area contributed by atoms with E-state index in [0.29, 0.717) is 0 Å². The Bertz CT molecular complexity index is 1530. The maximum atomic E-state index is 2.40. The normalized spacial score (nSPS) is 11.9. The van der Waals surface area contributed by atoms with Crippen LogP contribution in [0.1, 0.15) is 5.56 Å². The highest BCUT2D eigenvalue weighted by Gasteiger charge is 2.14. The molecular formula is C26H20N2. The van der Waals surface area contributed by atoms with Gasteiger partial charge in [-0.3, -0.25) is 0 Å². The topological polar surface area (TPSA) is 9.86 Å². The van der Waals surface area contributed by atoms with E-state index >= 15 is 0 Å². The van der Waals surface area contributed by atoms with Gasteiger partial charge in [-0.25, -0.2) is 0 Å². The first-order valence-corrected chi connectivity index (χ1v) is 9.70. The Balaban J connectivity index is 1.75. The Morgan fingerprint density at radius 1 is 0.536 bits per heavy atom. The lowest BCUT2D eigenvalue weighted by Crippen LogP contribution is -1.95. The van der Waals surface area contributed by atoms with Gasteiger partial charge < -0.3 is 9.13 Å². The average molecular weight is 360 g/mol. The summed E-state index contributed by atoms with van der Waals surface area (Å²) in [7, 11) is 2.16. The van der Waals surface area contributed by atoms with Gasteiger partial charge in [0, 0.05) is 39.8 Å². The smallest absolute Gasteiger partial charge is 0.0543 e. The molecule has 28 heavy (non-hydrogen) atoms. The van der Waals surface area contributed by atoms with Crippen LogP contribution in [-0.4, -0.2) is 9.13 Å². The molecule has 2 heterocycles. The van der Waals surface area contributed by atoms with E-state index in [2.05, 4.69) is 108 Å². The summed E-state index contributed by atoms with van der Waals surface area (Å²) < 4.78 is 4.70. The van der Waals surface area contributed by atoms with Crippen LogP contribution in [0.15, 0.2) is 84.9 Å². The Morgan fingerprint density at radius 3 is 1.96 bits per heavy atom. The summed E-state index contributed by atoms with van der Waals surface area (Å²) in [6.45, 7) is 2.16. The van der Waals surface area contributed by atoms with Crippen LogP contribution < -0.4 is 0 Å². The maximum absolute atomic E-state index is 2.40. The molecule has 0 aliphatic carbocycles. The van der Waals surface area contributed by atoms with Crippen molar-refractivity contribution in [1.82, 2.24) is 9.13 Å². The summed E-state index contributed by atoms with van der Waals surface area (Å²) in [5, 5.41) is 5.22. The summed E-state index contributed by atoms with van der Waals surface area (Å²) in [4.78, 5) is 0. The summed E-state index contributed by atoms with van der Waals surface area (Å²) >= 11 is 0. The SMILES string of the molecule is Cc1ccc2c3ccccc3n(-c3ccc4c5ccccc5n(C)c4c3)c2c1. The molecule has 2 heteroatoms. The molecule has 0 atom stereocenters. The summed E-state index contributed by atoms with van der Waals surface area (Å²) in [5.41, 5.74) is 7.53. The number of rotatable bonds is 1. The molecule has 0 radical (unpaired) electrons. The number of para-hydroxylation sites is 2. The Labute approximate surface area is 163 Å². The van der Waals surface area contributed by atoms with Gasteiger partial charge >= 0.3 is 0 Å². The fourth-order valence-electron chi connectivity index (χ4n) is 4.65. The molecule has 0 spiro atoms. The molecule has 0 unspecified atom stereocenters. The van der Waals surface area contributed by atoms with Gasteiger partial charge in [0.15, 0.2) is 0 Å². The monoisotopic (exact) mass is 360 g/mol. The van der Waals surface area contributed by atoms with E-state index in [4.69, 9.17) is 0 Å². The molecule has 4 aromatic carbocycles.